The van der Waals surface area contributed by atoms with Crippen molar-refractivity contribution in [2.45, 2.75) is 44.1 Å². The van der Waals surface area contributed by atoms with Crippen LogP contribution in [0.5, 0.6) is 5.88 Å². The van der Waals surface area contributed by atoms with Crippen molar-refractivity contribution in [2.75, 3.05) is 19.0 Å². The lowest BCUT2D eigenvalue weighted by atomic mass is 9.74. The molecule has 12 heteroatoms. The molecule has 186 valence electrons. The first-order valence-corrected chi connectivity index (χ1v) is 11.5. The second-order valence-corrected chi connectivity index (χ2v) is 10.0. The van der Waals surface area contributed by atoms with Gasteiger partial charge in [-0.2, -0.15) is 5.26 Å². The van der Waals surface area contributed by atoms with Crippen molar-refractivity contribution in [3.8, 4) is 11.9 Å². The van der Waals surface area contributed by atoms with Crippen LogP contribution in [-0.4, -0.2) is 45.6 Å². The highest BCUT2D eigenvalue weighted by atomic mass is 32.2. The molecule has 0 aliphatic carbocycles. The summed E-state index contributed by atoms with van der Waals surface area (Å²) in [5.41, 5.74) is 4.38. The van der Waals surface area contributed by atoms with E-state index in [0.29, 0.717) is 6.61 Å². The lowest BCUT2D eigenvalue weighted by molar-refractivity contribution is 0.0885. The van der Waals surface area contributed by atoms with Gasteiger partial charge in [0.2, 0.25) is 5.88 Å². The number of anilines is 1. The van der Waals surface area contributed by atoms with E-state index in [9.17, 15) is 18.8 Å². The largest absolute Gasteiger partial charge is 0.471 e. The first-order valence-electron chi connectivity index (χ1n) is 10.7. The molecule has 9 nitrogen and oxygen atoms in total. The number of halogens is 2. The molecule has 0 bridgehead atoms. The van der Waals surface area contributed by atoms with Crippen LogP contribution in [0.2, 0.25) is 0 Å². The second-order valence-electron chi connectivity index (χ2n) is 8.54. The number of aliphatic imine (C=N–C) groups is 1. The van der Waals surface area contributed by atoms with E-state index in [1.165, 1.54) is 18.5 Å². The number of rotatable bonds is 7. The Bertz CT molecular complexity index is 1190. The predicted octanol–water partition coefficient (Wildman–Crippen LogP) is 3.62. The number of hydrogen-bond acceptors (Lipinski definition) is 9. The Morgan fingerprint density at radius 1 is 1.34 bits per heavy atom. The zero-order valence-corrected chi connectivity index (χ0v) is 20.7. The quantitative estimate of drug-likeness (QED) is 0.584. The Morgan fingerprint density at radius 2 is 2.06 bits per heavy atom. The summed E-state index contributed by atoms with van der Waals surface area (Å²) in [6.45, 7) is 7.11. The van der Waals surface area contributed by atoms with Crippen LogP contribution in [0.3, 0.4) is 0 Å². The maximum Gasteiger partial charge on any atom is 0.275 e. The molecule has 3 N–H and O–H groups in total. The summed E-state index contributed by atoms with van der Waals surface area (Å²) >= 11 is 1.07. The van der Waals surface area contributed by atoms with Gasteiger partial charge in [0.25, 0.3) is 5.91 Å². The molecule has 1 aromatic heterocycles. The molecule has 4 atom stereocenters. The third kappa shape index (κ3) is 5.36. The van der Waals surface area contributed by atoms with Crippen LogP contribution in [0.15, 0.2) is 29.5 Å². The van der Waals surface area contributed by atoms with E-state index in [-0.39, 0.29) is 34.1 Å². The number of benzene rings is 1. The van der Waals surface area contributed by atoms with Crippen LogP contribution in [0.4, 0.5) is 14.5 Å². The molecule has 2 aromatic rings. The van der Waals surface area contributed by atoms with Gasteiger partial charge in [0.05, 0.1) is 30.6 Å². The van der Waals surface area contributed by atoms with Crippen molar-refractivity contribution in [1.82, 2.24) is 9.97 Å². The first-order chi connectivity index (χ1) is 16.4. The van der Waals surface area contributed by atoms with E-state index in [0.717, 1.165) is 17.8 Å². The first kappa shape index (κ1) is 26.3. The van der Waals surface area contributed by atoms with Crippen LogP contribution in [0.25, 0.3) is 0 Å². The van der Waals surface area contributed by atoms with Gasteiger partial charge in [0, 0.05) is 30.3 Å². The molecule has 1 aliphatic heterocycles. The van der Waals surface area contributed by atoms with Gasteiger partial charge in [-0.15, -0.1) is 0 Å². The van der Waals surface area contributed by atoms with E-state index >= 15 is 0 Å². The van der Waals surface area contributed by atoms with Gasteiger partial charge in [-0.25, -0.2) is 18.7 Å². The van der Waals surface area contributed by atoms with Gasteiger partial charge in [-0.3, -0.25) is 9.79 Å². The fourth-order valence-electron chi connectivity index (χ4n) is 3.80. The Labute approximate surface area is 206 Å². The summed E-state index contributed by atoms with van der Waals surface area (Å²) in [6.07, 6.45) is 2.22. The summed E-state index contributed by atoms with van der Waals surface area (Å²) < 4.78 is 39.1. The zero-order chi connectivity index (χ0) is 26.0. The Balaban J connectivity index is 1.89. The number of carbonyl (C=O) groups is 1. The van der Waals surface area contributed by atoms with Crippen molar-refractivity contribution < 1.29 is 23.0 Å². The van der Waals surface area contributed by atoms with Crippen LogP contribution in [0.1, 0.15) is 43.7 Å². The number of thioether (sulfide) groups is 1. The number of amidine groups is 1. The van der Waals surface area contributed by atoms with Crippen molar-refractivity contribution in [3.05, 3.63) is 47.4 Å². The van der Waals surface area contributed by atoms with E-state index in [4.69, 9.17) is 15.2 Å². The summed E-state index contributed by atoms with van der Waals surface area (Å²) in [7, 11) is 1.54. The van der Waals surface area contributed by atoms with Gasteiger partial charge in [-0.05, 0) is 26.8 Å². The highest BCUT2D eigenvalue weighted by Crippen LogP contribution is 2.50. The molecule has 0 fully saturated rings. The number of hydrogen-bond donors (Lipinski definition) is 2. The molecule has 1 aliphatic rings. The lowest BCUT2D eigenvalue weighted by Crippen LogP contribution is -2.48. The molecule has 3 rings (SSSR count). The number of aromatic nitrogens is 2. The number of nitrogens with zero attached hydrogens (tertiary/aromatic N) is 4. The minimum absolute atomic E-state index is 0.0150. The molecule has 0 spiro atoms. The van der Waals surface area contributed by atoms with Gasteiger partial charge in [-0.1, -0.05) is 18.7 Å². The number of ether oxygens (including phenoxy) is 2. The Morgan fingerprint density at radius 3 is 2.66 bits per heavy atom. The highest BCUT2D eigenvalue weighted by Gasteiger charge is 2.50. The number of nitriles is 1. The summed E-state index contributed by atoms with van der Waals surface area (Å²) in [5, 5.41) is 12.3. The van der Waals surface area contributed by atoms with Crippen molar-refractivity contribution in [1.29, 1.82) is 5.26 Å². The van der Waals surface area contributed by atoms with Crippen LogP contribution in [0, 0.1) is 28.9 Å². The molecule has 0 radical (unpaired) electrons. The van der Waals surface area contributed by atoms with Crippen molar-refractivity contribution in [2.24, 2.45) is 16.6 Å². The Hall–Kier alpha value is -3.30. The number of carbonyl (C=O) groups excluding carboxylic acids is 1. The number of methoxy groups -OCH3 is 1. The maximum absolute atomic E-state index is 15.0. The molecule has 0 saturated heterocycles. The van der Waals surface area contributed by atoms with Crippen LogP contribution in [-0.2, 0) is 10.3 Å². The predicted molar refractivity (Wildman–Crippen MR) is 128 cm³/mol. The molecule has 35 heavy (non-hydrogen) atoms. The van der Waals surface area contributed by atoms with E-state index < -0.39 is 33.7 Å². The average molecular weight is 505 g/mol. The summed E-state index contributed by atoms with van der Waals surface area (Å²) in [4.78, 5) is 25.1. The van der Waals surface area contributed by atoms with Crippen molar-refractivity contribution in [3.63, 3.8) is 0 Å². The molecule has 1 amide bonds. The van der Waals surface area contributed by atoms with Gasteiger partial charge < -0.3 is 20.5 Å². The average Bonchev–Trinajstić information content (AvgIpc) is 2.80. The standard InChI is InChI=1S/C23H26F2N6O3S/c1-12(10-33-5)34-18-9-28-17(8-29-18)20(32)30-14-6-15(19(25)16(24)7-14)23(4)13(2)22(3,11-26)35-21(27)31-23/h6-9,12-13H,10H2,1-5H3,(H2,27,31)(H,30,32)/t12-,13+,22+,23-/m0/s1. The maximum atomic E-state index is 15.0. The highest BCUT2D eigenvalue weighted by molar-refractivity contribution is 8.15. The summed E-state index contributed by atoms with van der Waals surface area (Å²) in [5.74, 6) is -3.34. The molecule has 1 aromatic carbocycles. The SMILES string of the molecule is COC[C@H](C)Oc1cnc(C(=O)Nc2cc(F)c(F)c([C@@]3(C)N=C(N)S[C@](C)(C#N)[C@H]3C)c2)cn1. The second kappa shape index (κ2) is 10.1. The normalized spacial score (nSPS) is 24.7. The van der Waals surface area contributed by atoms with Gasteiger partial charge in [0.1, 0.15) is 16.5 Å². The third-order valence-corrected chi connectivity index (χ3v) is 7.14. The number of nitrogens with two attached hydrogens (primary N) is 1. The molecular weight excluding hydrogens is 478 g/mol. The smallest absolute Gasteiger partial charge is 0.275 e. The fourth-order valence-corrected chi connectivity index (χ4v) is 4.92. The Kier molecular flexibility index (Phi) is 7.62. The van der Waals surface area contributed by atoms with Gasteiger partial charge >= 0.3 is 0 Å². The number of amides is 1. The molecule has 0 unspecified atom stereocenters. The van der Waals surface area contributed by atoms with Gasteiger partial charge in [0.15, 0.2) is 16.8 Å². The van der Waals surface area contributed by atoms with E-state index in [2.05, 4.69) is 26.3 Å². The van der Waals surface area contributed by atoms with Crippen molar-refractivity contribution >= 4 is 28.5 Å². The minimum Gasteiger partial charge on any atom is -0.471 e. The van der Waals surface area contributed by atoms with E-state index in [1.807, 2.05) is 0 Å². The fraction of sp³-hybridized carbons (Fsp3) is 0.435. The van der Waals surface area contributed by atoms with Crippen LogP contribution >= 0.6 is 11.8 Å². The monoisotopic (exact) mass is 504 g/mol. The zero-order valence-electron chi connectivity index (χ0n) is 19.9. The summed E-state index contributed by atoms with van der Waals surface area (Å²) in [6, 6.07) is 4.34. The molecule has 0 saturated carbocycles. The van der Waals surface area contributed by atoms with Crippen LogP contribution < -0.4 is 15.8 Å². The number of nitrogens with one attached hydrogen (secondary N) is 1. The lowest BCUT2D eigenvalue weighted by Gasteiger charge is -2.43. The third-order valence-electron chi connectivity index (χ3n) is 5.97. The topological polar surface area (TPSA) is 136 Å². The molecule has 2 heterocycles. The molecular formula is C23H26F2N6O3S. The minimum atomic E-state index is -1.36. The van der Waals surface area contributed by atoms with E-state index in [1.54, 1.807) is 34.8 Å².